The molecule has 2 rings (SSSR count). The van der Waals surface area contributed by atoms with Crippen molar-refractivity contribution >= 4 is 65.0 Å². The first-order chi connectivity index (χ1) is 43.2. The summed E-state index contributed by atoms with van der Waals surface area (Å²) < 4.78 is 0. The van der Waals surface area contributed by atoms with Gasteiger partial charge in [-0.3, -0.25) is 52.7 Å². The highest BCUT2D eigenvalue weighted by atomic mass is 16.3. The van der Waals surface area contributed by atoms with Crippen molar-refractivity contribution in [2.45, 2.75) is 242 Å². The number of allylic oxidation sites excluding steroid dienone is 2. The number of aliphatic hydroxyl groups is 1. The van der Waals surface area contributed by atoms with Crippen molar-refractivity contribution in [2.24, 2.45) is 47.3 Å². The fourth-order valence-electron chi connectivity index (χ4n) is 12.1. The first-order valence-corrected chi connectivity index (χ1v) is 33.8. The number of likely N-dealkylation sites (N-methyl/N-ethyl adjacent to an activating group) is 6. The van der Waals surface area contributed by atoms with Gasteiger partial charge in [-0.25, -0.2) is 0 Å². The molecule has 0 saturated carbocycles. The molecule has 0 aliphatic carbocycles. The SMILES string of the molecule is C/C=C/C[C@@H](C)[C@@H](O)[C@H]1C(=O)N[C@@H](CC)C(=O)N(C)[C@H](C)C(=O)N[C@@H]([C@H](C)CCN2CCC(C#N)CC2)C(=O)N[C@@H](C(C)C)C(=O)N(C)[C@@H](CC(C)C)C(=O)N[C@@H](C)C(=O)N[C@H](C)C(=O)N(C)[C@@H](CC(C)C)C(=O)N(C)[C@@H](CC(C)C)C(=O)N(C)[C@@H](C(C)C)C(=O)N1C. The maximum Gasteiger partial charge on any atom is 0.246 e. The minimum atomic E-state index is -1.64. The first-order valence-electron chi connectivity index (χ1n) is 33.8. The monoisotopic (exact) mass is 1310 g/mol. The zero-order valence-corrected chi connectivity index (χ0v) is 60.5. The molecule has 11 amide bonds. The van der Waals surface area contributed by atoms with Crippen LogP contribution in [0.15, 0.2) is 12.2 Å². The van der Waals surface area contributed by atoms with Crippen molar-refractivity contribution in [3.8, 4) is 6.07 Å². The molecule has 0 bridgehead atoms. The topological polar surface area (TPSA) is 315 Å². The van der Waals surface area contributed by atoms with E-state index in [1.54, 1.807) is 67.5 Å². The summed E-state index contributed by atoms with van der Waals surface area (Å²) in [5.41, 5.74) is 0. The van der Waals surface area contributed by atoms with Gasteiger partial charge in [-0.1, -0.05) is 102 Å². The quantitative estimate of drug-likeness (QED) is 0.114. The zero-order valence-electron chi connectivity index (χ0n) is 60.5. The second-order valence-corrected chi connectivity index (χ2v) is 28.4. The van der Waals surface area contributed by atoms with Crippen LogP contribution in [0.2, 0.25) is 0 Å². The van der Waals surface area contributed by atoms with Crippen LogP contribution in [-0.2, 0) is 52.7 Å². The molecule has 0 unspecified atom stereocenters. The van der Waals surface area contributed by atoms with Crippen LogP contribution in [0.3, 0.4) is 0 Å². The molecule has 528 valence electrons. The molecule has 0 aromatic rings. The Morgan fingerprint density at radius 1 is 0.516 bits per heavy atom. The molecule has 0 radical (unpaired) electrons. The van der Waals surface area contributed by atoms with Crippen LogP contribution in [0.4, 0.5) is 0 Å². The number of carbonyl (C=O) groups excluding carboxylic acids is 11. The van der Waals surface area contributed by atoms with E-state index in [0.29, 0.717) is 45.3 Å². The van der Waals surface area contributed by atoms with Gasteiger partial charge in [0.1, 0.15) is 66.5 Å². The van der Waals surface area contributed by atoms with Gasteiger partial charge in [0, 0.05) is 48.2 Å². The van der Waals surface area contributed by atoms with Crippen molar-refractivity contribution in [1.82, 2.24) is 60.9 Å². The predicted molar refractivity (Wildman–Crippen MR) is 358 cm³/mol. The number of likely N-dealkylation sites (tertiary alicyclic amines) is 1. The highest BCUT2D eigenvalue weighted by Gasteiger charge is 2.46. The Morgan fingerprint density at radius 2 is 0.989 bits per heavy atom. The number of nitriles is 1. The van der Waals surface area contributed by atoms with E-state index in [1.807, 2.05) is 41.5 Å². The van der Waals surface area contributed by atoms with Crippen molar-refractivity contribution < 1.29 is 57.8 Å². The Morgan fingerprint density at radius 3 is 1.47 bits per heavy atom. The summed E-state index contributed by atoms with van der Waals surface area (Å²) in [5, 5.41) is 35.7. The van der Waals surface area contributed by atoms with E-state index in [4.69, 9.17) is 0 Å². The number of nitrogens with one attached hydrogen (secondary N) is 5. The van der Waals surface area contributed by atoms with E-state index in [-0.39, 0.29) is 49.4 Å². The van der Waals surface area contributed by atoms with Crippen LogP contribution in [0, 0.1) is 58.7 Å². The number of hydrogen-bond donors (Lipinski definition) is 6. The van der Waals surface area contributed by atoms with E-state index in [9.17, 15) is 48.7 Å². The van der Waals surface area contributed by atoms with Crippen molar-refractivity contribution in [1.29, 1.82) is 5.26 Å². The molecule has 2 heterocycles. The summed E-state index contributed by atoms with van der Waals surface area (Å²) in [6, 6.07) is -11.7. The Balaban J connectivity index is 3.01. The molecule has 93 heavy (non-hydrogen) atoms. The van der Waals surface area contributed by atoms with Crippen LogP contribution < -0.4 is 26.6 Å². The van der Waals surface area contributed by atoms with Gasteiger partial charge in [-0.15, -0.1) is 0 Å². The van der Waals surface area contributed by atoms with Crippen LogP contribution in [0.25, 0.3) is 0 Å². The van der Waals surface area contributed by atoms with Gasteiger partial charge < -0.3 is 66.0 Å². The van der Waals surface area contributed by atoms with E-state index in [2.05, 4.69) is 37.6 Å². The summed E-state index contributed by atoms with van der Waals surface area (Å²) in [6.07, 6.45) is 4.53. The highest BCUT2D eigenvalue weighted by molar-refractivity contribution is 6.00. The zero-order chi connectivity index (χ0) is 71.4. The summed E-state index contributed by atoms with van der Waals surface area (Å²) in [5.74, 6) is -10.6. The molecular weight excluding hydrogens is 1190 g/mol. The smallest absolute Gasteiger partial charge is 0.246 e. The minimum Gasteiger partial charge on any atom is -0.390 e. The normalized spacial score (nSPS) is 27.9. The van der Waals surface area contributed by atoms with Gasteiger partial charge >= 0.3 is 0 Å². The third-order valence-corrected chi connectivity index (χ3v) is 18.6. The first kappa shape index (κ1) is 82.4. The second kappa shape index (κ2) is 38.0. The summed E-state index contributed by atoms with van der Waals surface area (Å²) in [7, 11) is 8.49. The third-order valence-electron chi connectivity index (χ3n) is 18.6. The maximum absolute atomic E-state index is 15.3. The van der Waals surface area contributed by atoms with Gasteiger partial charge in [-0.05, 0) is 140 Å². The number of carbonyl (C=O) groups is 11. The van der Waals surface area contributed by atoms with Crippen molar-refractivity contribution in [2.75, 3.05) is 61.9 Å². The highest BCUT2D eigenvalue weighted by Crippen LogP contribution is 2.26. The maximum atomic E-state index is 15.3. The standard InChI is InChI=1S/C68H119N13O12/c1-24-26-27-44(14)57(82)56-62(87)72-49(25-2)64(89)75(18)47(17)59(84)74-54(43(13)28-31-81-32-29-48(37-69)30-33-81)61(86)73-53(41(9)10)67(92)76(19)50(34-38(3)4)60(85)70-45(15)58(83)71-46(16)63(88)77(20)51(35-39(5)6)65(90)78(21)52(36-40(7)8)66(91)79(22)55(42(11)12)68(93)80(56)23/h24,26,38-57,82H,25,27-36H2,1-23H3,(H,70,85)(H,71,83)(H,72,87)(H,73,86)(H,74,84)/b26-24+/t43-,44-,45+,46-,47-,49+,50+,51+,52+,53+,54+,55+,56+,57-/m1/s1. The number of nitrogens with zero attached hydrogens (tertiary/aromatic N) is 8. The van der Waals surface area contributed by atoms with Crippen LogP contribution in [0.1, 0.15) is 169 Å². The van der Waals surface area contributed by atoms with Crippen LogP contribution in [0.5, 0.6) is 0 Å². The number of piperidine rings is 1. The number of rotatable bonds is 17. The fraction of sp³-hybridized carbons (Fsp3) is 0.794. The lowest BCUT2D eigenvalue weighted by Gasteiger charge is -2.41. The van der Waals surface area contributed by atoms with Gasteiger partial charge in [0.15, 0.2) is 0 Å². The lowest BCUT2D eigenvalue weighted by Crippen LogP contribution is -2.64. The average Bonchev–Trinajstić information content (AvgIpc) is 0.818. The molecule has 0 aromatic heterocycles. The number of hydrogen-bond acceptors (Lipinski definition) is 14. The fourth-order valence-corrected chi connectivity index (χ4v) is 12.1. The molecule has 2 aliphatic heterocycles. The largest absolute Gasteiger partial charge is 0.390 e. The molecule has 14 atom stereocenters. The molecule has 2 fully saturated rings. The molecule has 25 heteroatoms. The van der Waals surface area contributed by atoms with Crippen molar-refractivity contribution in [3.05, 3.63) is 12.2 Å². The summed E-state index contributed by atoms with van der Waals surface area (Å²) in [6.45, 7) is 31.2. The van der Waals surface area contributed by atoms with Crippen LogP contribution in [-0.4, -0.2) is 239 Å². The third kappa shape index (κ3) is 23.0. The molecule has 0 aromatic carbocycles. The summed E-state index contributed by atoms with van der Waals surface area (Å²) in [4.78, 5) is 172. The van der Waals surface area contributed by atoms with E-state index in [1.165, 1.54) is 82.7 Å². The van der Waals surface area contributed by atoms with Gasteiger partial charge in [-0.2, -0.15) is 5.26 Å². The Hall–Kier alpha value is -6.68. The van der Waals surface area contributed by atoms with E-state index >= 15 is 14.4 Å². The molecule has 6 N–H and O–H groups in total. The lowest BCUT2D eigenvalue weighted by atomic mass is 9.91. The van der Waals surface area contributed by atoms with E-state index in [0.717, 1.165) is 9.80 Å². The van der Waals surface area contributed by atoms with Crippen molar-refractivity contribution in [3.63, 3.8) is 0 Å². The second-order valence-electron chi connectivity index (χ2n) is 28.4. The average molecular weight is 1310 g/mol. The van der Waals surface area contributed by atoms with Gasteiger partial charge in [0.05, 0.1) is 12.2 Å². The Kier molecular flexibility index (Phi) is 33.7. The van der Waals surface area contributed by atoms with Gasteiger partial charge in [0.2, 0.25) is 65.0 Å². The molecule has 2 aliphatic rings. The van der Waals surface area contributed by atoms with Crippen LogP contribution >= 0.6 is 0 Å². The number of amides is 11. The molecule has 2 saturated heterocycles. The summed E-state index contributed by atoms with van der Waals surface area (Å²) >= 11 is 0. The Bertz CT molecular complexity index is 2620. The predicted octanol–water partition coefficient (Wildman–Crippen LogP) is 3.53. The number of aliphatic hydroxyl groups excluding tert-OH is 1. The van der Waals surface area contributed by atoms with Gasteiger partial charge in [0.25, 0.3) is 0 Å². The van der Waals surface area contributed by atoms with E-state index < -0.39 is 161 Å². The Labute approximate surface area is 556 Å². The lowest BCUT2D eigenvalue weighted by molar-refractivity contribution is -0.157. The molecular formula is C68H119N13O12. The minimum absolute atomic E-state index is 0.00530. The molecule has 25 nitrogen and oxygen atoms in total. The molecule has 0 spiro atoms.